The second kappa shape index (κ2) is 5.85. The number of hydroxylamine groups is 1. The minimum absolute atomic E-state index is 0.429. The van der Waals surface area contributed by atoms with Gasteiger partial charge in [-0.25, -0.2) is 5.48 Å². The number of nitrogens with zero attached hydrogens (tertiary/aromatic N) is 2. The van der Waals surface area contributed by atoms with Gasteiger partial charge in [-0.05, 0) is 62.2 Å². The lowest BCUT2D eigenvalue weighted by Gasteiger charge is -2.57. The summed E-state index contributed by atoms with van der Waals surface area (Å²) in [6.07, 6.45) is 7.76. The van der Waals surface area contributed by atoms with Crippen molar-refractivity contribution in [2.24, 2.45) is 5.41 Å². The molecule has 0 bridgehead atoms. The third-order valence-corrected chi connectivity index (χ3v) is 6.11. The Bertz CT molecular complexity index is 613. The van der Waals surface area contributed by atoms with Crippen molar-refractivity contribution in [3.05, 3.63) is 29.1 Å². The summed E-state index contributed by atoms with van der Waals surface area (Å²) >= 11 is 0. The lowest BCUT2D eigenvalue weighted by atomic mass is 9.58. The minimum atomic E-state index is -0.490. The quantitative estimate of drug-likeness (QED) is 0.562. The molecule has 3 heterocycles. The number of hydrogen-bond acceptors (Lipinski definition) is 5. The van der Waals surface area contributed by atoms with Gasteiger partial charge in [0.1, 0.15) is 0 Å². The highest BCUT2D eigenvalue weighted by atomic mass is 16.5. The fraction of sp³-hybridized carbons (Fsp3) is 0.647. The van der Waals surface area contributed by atoms with Crippen molar-refractivity contribution in [2.75, 3.05) is 19.6 Å². The first kappa shape index (κ1) is 15.1. The molecule has 1 spiro atoms. The number of pyridine rings is 1. The standard InChI is InChI=1S/C17H24N4O2/c22-16(20-23)13-9-12-2-8-21(11-14(12)19-10-13)15-1-3-17(15)4-6-18-7-5-17/h9-10,15,18,23H,1-8,11H2,(H,20,22). The number of carbonyl (C=O) groups is 1. The number of rotatable bonds is 2. The number of piperidine rings is 1. The Morgan fingerprint density at radius 1 is 1.39 bits per heavy atom. The average molecular weight is 316 g/mol. The predicted molar refractivity (Wildman–Crippen MR) is 85.2 cm³/mol. The van der Waals surface area contributed by atoms with Gasteiger partial charge in [0.2, 0.25) is 0 Å². The van der Waals surface area contributed by atoms with Gasteiger partial charge >= 0.3 is 0 Å². The van der Waals surface area contributed by atoms with Gasteiger partial charge in [-0.3, -0.25) is 19.9 Å². The van der Waals surface area contributed by atoms with Crippen LogP contribution in [0.5, 0.6) is 0 Å². The maximum Gasteiger partial charge on any atom is 0.276 e. The number of carbonyl (C=O) groups excluding carboxylic acids is 1. The Morgan fingerprint density at radius 2 is 2.22 bits per heavy atom. The summed E-state index contributed by atoms with van der Waals surface area (Å²) in [4.78, 5) is 18.6. The van der Waals surface area contributed by atoms with E-state index in [-0.39, 0.29) is 0 Å². The second-order valence-electron chi connectivity index (χ2n) is 7.16. The lowest BCUT2D eigenvalue weighted by Crippen LogP contribution is -2.59. The van der Waals surface area contributed by atoms with E-state index in [1.54, 1.807) is 11.7 Å². The second-order valence-corrected chi connectivity index (χ2v) is 7.16. The first-order valence-electron chi connectivity index (χ1n) is 8.59. The van der Waals surface area contributed by atoms with Crippen molar-refractivity contribution in [2.45, 2.75) is 44.7 Å². The topological polar surface area (TPSA) is 77.5 Å². The molecule has 1 aromatic heterocycles. The molecule has 2 aliphatic heterocycles. The van der Waals surface area contributed by atoms with Gasteiger partial charge < -0.3 is 5.32 Å². The van der Waals surface area contributed by atoms with Crippen LogP contribution in [-0.4, -0.2) is 46.7 Å². The average Bonchev–Trinajstić information content (AvgIpc) is 2.60. The maximum atomic E-state index is 11.5. The van der Waals surface area contributed by atoms with Crippen LogP contribution in [0.25, 0.3) is 0 Å². The summed E-state index contributed by atoms with van der Waals surface area (Å²) in [5.41, 5.74) is 4.86. The SMILES string of the molecule is O=C(NO)c1cnc2c(c1)CCN(C1CCC13CCNCC3)C2. The Morgan fingerprint density at radius 3 is 2.91 bits per heavy atom. The predicted octanol–water partition coefficient (Wildman–Crippen LogP) is 1.09. The molecule has 1 aliphatic carbocycles. The van der Waals surface area contributed by atoms with Crippen molar-refractivity contribution >= 4 is 5.91 Å². The maximum absolute atomic E-state index is 11.5. The van der Waals surface area contributed by atoms with Crippen molar-refractivity contribution in [3.8, 4) is 0 Å². The molecular formula is C17H24N4O2. The summed E-state index contributed by atoms with van der Waals surface area (Å²) in [5, 5.41) is 12.2. The van der Waals surface area contributed by atoms with Gasteiger partial charge in [0, 0.05) is 25.3 Å². The van der Waals surface area contributed by atoms with E-state index in [0.717, 1.165) is 43.9 Å². The van der Waals surface area contributed by atoms with Crippen molar-refractivity contribution in [1.82, 2.24) is 20.7 Å². The Hall–Kier alpha value is -1.50. The molecular weight excluding hydrogens is 292 g/mol. The number of aromatic nitrogens is 1. The van der Waals surface area contributed by atoms with Crippen LogP contribution < -0.4 is 10.8 Å². The summed E-state index contributed by atoms with van der Waals surface area (Å²) in [6.45, 7) is 4.23. The minimum Gasteiger partial charge on any atom is -0.317 e. The van der Waals surface area contributed by atoms with Gasteiger partial charge in [0.15, 0.2) is 0 Å². The molecule has 0 aromatic carbocycles. The van der Waals surface area contributed by atoms with E-state index in [0.29, 0.717) is 17.0 Å². The lowest BCUT2D eigenvalue weighted by molar-refractivity contribution is -0.0548. The van der Waals surface area contributed by atoms with E-state index in [1.165, 1.54) is 25.7 Å². The zero-order valence-corrected chi connectivity index (χ0v) is 13.3. The number of nitrogens with one attached hydrogen (secondary N) is 2. The molecule has 1 unspecified atom stereocenters. The highest BCUT2D eigenvalue weighted by molar-refractivity contribution is 5.93. The molecule has 1 atom stereocenters. The molecule has 3 aliphatic rings. The number of hydrogen-bond donors (Lipinski definition) is 3. The van der Waals surface area contributed by atoms with Crippen LogP contribution in [0.2, 0.25) is 0 Å². The Labute approximate surface area is 136 Å². The first-order chi connectivity index (χ1) is 11.2. The molecule has 1 saturated carbocycles. The highest BCUT2D eigenvalue weighted by Crippen LogP contribution is 2.51. The van der Waals surface area contributed by atoms with Gasteiger partial charge in [-0.2, -0.15) is 0 Å². The van der Waals surface area contributed by atoms with E-state index >= 15 is 0 Å². The van der Waals surface area contributed by atoms with Crippen LogP contribution in [-0.2, 0) is 13.0 Å². The Balaban J connectivity index is 1.50. The number of fused-ring (bicyclic) bond motifs is 1. The van der Waals surface area contributed by atoms with Gasteiger partial charge in [-0.15, -0.1) is 0 Å². The molecule has 23 heavy (non-hydrogen) atoms. The first-order valence-corrected chi connectivity index (χ1v) is 8.59. The largest absolute Gasteiger partial charge is 0.317 e. The van der Waals surface area contributed by atoms with E-state index in [2.05, 4.69) is 15.2 Å². The van der Waals surface area contributed by atoms with Crippen LogP contribution in [0.3, 0.4) is 0 Å². The van der Waals surface area contributed by atoms with Crippen LogP contribution in [0.4, 0.5) is 0 Å². The molecule has 124 valence electrons. The molecule has 0 radical (unpaired) electrons. The molecule has 1 aromatic rings. The van der Waals surface area contributed by atoms with Crippen LogP contribution >= 0.6 is 0 Å². The third-order valence-electron chi connectivity index (χ3n) is 6.11. The molecule has 3 N–H and O–H groups in total. The molecule has 4 rings (SSSR count). The molecule has 6 nitrogen and oxygen atoms in total. The smallest absolute Gasteiger partial charge is 0.276 e. The fourth-order valence-electron chi connectivity index (χ4n) is 4.65. The zero-order valence-electron chi connectivity index (χ0n) is 13.3. The summed E-state index contributed by atoms with van der Waals surface area (Å²) < 4.78 is 0. The van der Waals surface area contributed by atoms with E-state index < -0.39 is 5.91 Å². The van der Waals surface area contributed by atoms with Crippen molar-refractivity contribution in [3.63, 3.8) is 0 Å². The molecule has 2 fully saturated rings. The zero-order chi connectivity index (χ0) is 15.9. The fourth-order valence-corrected chi connectivity index (χ4v) is 4.65. The van der Waals surface area contributed by atoms with Crippen LogP contribution in [0.15, 0.2) is 12.3 Å². The molecule has 1 saturated heterocycles. The Kier molecular flexibility index (Phi) is 3.83. The van der Waals surface area contributed by atoms with Gasteiger partial charge in [-0.1, -0.05) is 0 Å². The van der Waals surface area contributed by atoms with Crippen molar-refractivity contribution < 1.29 is 10.0 Å². The van der Waals surface area contributed by atoms with E-state index in [4.69, 9.17) is 5.21 Å². The molecule has 6 heteroatoms. The molecule has 1 amide bonds. The van der Waals surface area contributed by atoms with Gasteiger partial charge in [0.25, 0.3) is 5.91 Å². The third kappa shape index (κ3) is 2.55. The summed E-state index contributed by atoms with van der Waals surface area (Å²) in [5.74, 6) is -0.490. The summed E-state index contributed by atoms with van der Waals surface area (Å²) in [7, 11) is 0. The number of amides is 1. The monoisotopic (exact) mass is 316 g/mol. The van der Waals surface area contributed by atoms with Crippen molar-refractivity contribution in [1.29, 1.82) is 0 Å². The normalized spacial score (nSPS) is 26.4. The summed E-state index contributed by atoms with van der Waals surface area (Å²) in [6, 6.07) is 2.56. The van der Waals surface area contributed by atoms with E-state index in [9.17, 15) is 4.79 Å². The van der Waals surface area contributed by atoms with Gasteiger partial charge in [0.05, 0.1) is 11.3 Å². The van der Waals surface area contributed by atoms with Crippen LogP contribution in [0.1, 0.15) is 47.3 Å². The van der Waals surface area contributed by atoms with Crippen LogP contribution in [0, 0.1) is 5.41 Å². The van der Waals surface area contributed by atoms with E-state index in [1.807, 2.05) is 6.07 Å². The highest BCUT2D eigenvalue weighted by Gasteiger charge is 2.49.